The van der Waals surface area contributed by atoms with Crippen LogP contribution in [0.1, 0.15) is 0 Å². The molecule has 0 unspecified atom stereocenters. The summed E-state index contributed by atoms with van der Waals surface area (Å²) >= 11 is 0. The quantitative estimate of drug-likeness (QED) is 0.240. The zero-order valence-corrected chi connectivity index (χ0v) is 8.37. The minimum atomic E-state index is -5.39. The molecule has 0 aromatic rings. The van der Waals surface area contributed by atoms with Gasteiger partial charge in [-0.2, -0.15) is 7.82 Å². The second-order valence-electron chi connectivity index (χ2n) is 0.543. The Bertz CT molecular complexity index is 93.5. The highest BCUT2D eigenvalue weighted by Gasteiger charge is 1.44. The van der Waals surface area contributed by atoms with Crippen LogP contribution in [0, 0.1) is 0 Å². The monoisotopic (exact) mass is 212 g/mol. The number of hydrogen-bond donors (Lipinski definition) is 4. The van der Waals surface area contributed by atoms with Gasteiger partial charge in [-0.05, 0) is 0 Å². The molecule has 0 aliphatic heterocycles. The number of hydrogen-bond acceptors (Lipinski definition) is 6. The van der Waals surface area contributed by atoms with E-state index in [9.17, 15) is 0 Å². The van der Waals surface area contributed by atoms with E-state index in [0.29, 0.717) is 0 Å². The highest BCUT2D eigenvalue weighted by atomic mass is 31.2. The number of quaternary nitrogens is 4. The van der Waals surface area contributed by atoms with Crippen LogP contribution in [-0.2, 0) is 9.36 Å². The fourth-order valence-corrected chi connectivity index (χ4v) is 0. The summed E-state index contributed by atoms with van der Waals surface area (Å²) in [6, 6.07) is 0. The summed E-state index contributed by atoms with van der Waals surface area (Å²) in [4.78, 5) is 33.9. The van der Waals surface area contributed by atoms with Crippen LogP contribution < -0.4 is 44.4 Å². The smallest absolute Gasteiger partial charge is 0.0275 e. The average molecular weight is 212 g/mol. The summed E-state index contributed by atoms with van der Waals surface area (Å²) in [5, 5.41) is 8.25. The molecular weight excluding hydrogens is 195 g/mol. The lowest BCUT2D eigenvalue weighted by molar-refractivity contribution is -0.432. The highest BCUT2D eigenvalue weighted by molar-refractivity contribution is 7.40. The summed E-state index contributed by atoms with van der Waals surface area (Å²) in [5.41, 5.74) is 0. The Morgan fingerprint density at radius 3 is 0.917 bits per heavy atom. The van der Waals surface area contributed by atoms with Gasteiger partial charge in [-0.25, -0.2) is 0 Å². The molecule has 0 rings (SSSR count). The van der Waals surface area contributed by atoms with Gasteiger partial charge in [-0.1, -0.05) is 0 Å². The fraction of sp³-hybridized carbons (Fsp3) is 0. The highest BCUT2D eigenvalue weighted by Crippen LogP contribution is 2.03. The molecule has 0 heterocycles. The predicted octanol–water partition coefficient (Wildman–Crippen LogP) is -2.95. The van der Waals surface area contributed by atoms with Crippen molar-refractivity contribution >= 4 is 14.3 Å². The molecule has 0 saturated heterocycles. The Morgan fingerprint density at radius 1 is 0.917 bits per heavy atom. The van der Waals surface area contributed by atoms with E-state index >= 15 is 0 Å². The SMILES string of the molecule is O=C[O-].O=P([O-])([O-])[O-].[NH4+].[NH4+].[NH4+].[NH4+]. The van der Waals surface area contributed by atoms with Crippen LogP contribution in [-0.4, -0.2) is 6.47 Å². The van der Waals surface area contributed by atoms with Crippen molar-refractivity contribution in [3.63, 3.8) is 0 Å². The number of carbonyl (C=O) groups is 1. The van der Waals surface area contributed by atoms with Gasteiger partial charge in [-0.15, -0.1) is 0 Å². The van der Waals surface area contributed by atoms with E-state index in [1.165, 1.54) is 0 Å². The standard InChI is InChI=1S/CH2O2.4H3N.H3O4P/c2-1-3;;;;;1-5(2,3)4/h1H,(H,2,3);4*1H3;(H3,1,2,3,4). The minimum absolute atomic E-state index is 0. The van der Waals surface area contributed by atoms with Crippen molar-refractivity contribution in [1.82, 2.24) is 24.6 Å². The molecule has 12 heavy (non-hydrogen) atoms. The molecule has 10 nitrogen and oxygen atoms in total. The van der Waals surface area contributed by atoms with Gasteiger partial charge in [0.05, 0.1) is 0 Å². The molecule has 0 aromatic heterocycles. The van der Waals surface area contributed by atoms with Gasteiger partial charge in [0.25, 0.3) is 0 Å². The number of rotatable bonds is 0. The average Bonchev–Trinajstić information content (AvgIpc) is 1.27. The largest absolute Gasteiger partial charge is 0.822 e. The summed E-state index contributed by atoms with van der Waals surface area (Å²) in [7, 11) is -5.39. The van der Waals surface area contributed by atoms with Gasteiger partial charge in [0.2, 0.25) is 0 Å². The first kappa shape index (κ1) is 42.2. The first-order valence-electron chi connectivity index (χ1n) is 1.20. The molecule has 0 aliphatic carbocycles. The second kappa shape index (κ2) is 22.4. The maximum Gasteiger partial charge on any atom is 0.0275 e. The van der Waals surface area contributed by atoms with Crippen LogP contribution in [0.2, 0.25) is 0 Å². The Kier molecular flexibility index (Phi) is 78.9. The lowest BCUT2D eigenvalue weighted by atomic mass is 11.7. The molecule has 0 bridgehead atoms. The first-order chi connectivity index (χ1) is 3.41. The molecule has 11 heteroatoms. The maximum atomic E-state index is 8.55. The predicted molar refractivity (Wildman–Crippen MR) is 37.6 cm³/mol. The van der Waals surface area contributed by atoms with Crippen molar-refractivity contribution in [1.29, 1.82) is 0 Å². The van der Waals surface area contributed by atoms with Crippen molar-refractivity contribution in [3.8, 4) is 0 Å². The Balaban J connectivity index is -0.0000000119. The normalized spacial score (nSPS) is 5.92. The molecule has 0 aromatic carbocycles. The van der Waals surface area contributed by atoms with E-state index in [2.05, 4.69) is 0 Å². The van der Waals surface area contributed by atoms with Crippen LogP contribution in [0.4, 0.5) is 0 Å². The van der Waals surface area contributed by atoms with E-state index in [4.69, 9.17) is 29.1 Å². The van der Waals surface area contributed by atoms with E-state index in [-0.39, 0.29) is 24.6 Å². The molecule has 0 saturated carbocycles. The van der Waals surface area contributed by atoms with Gasteiger partial charge in [0.15, 0.2) is 0 Å². The van der Waals surface area contributed by atoms with Crippen LogP contribution in [0.25, 0.3) is 0 Å². The number of carboxylic acid groups (broad SMARTS) is 1. The molecule has 0 radical (unpaired) electrons. The molecule has 0 fully saturated rings. The summed E-state index contributed by atoms with van der Waals surface area (Å²) in [6.07, 6.45) is 0. The molecule has 0 amide bonds. The summed E-state index contributed by atoms with van der Waals surface area (Å²) in [6.45, 7) is -0.500. The molecular formula is CH17N4O6P. The van der Waals surface area contributed by atoms with Gasteiger partial charge in [-0.3, -0.25) is 0 Å². The Hall–Kier alpha value is -0.580. The second-order valence-corrected chi connectivity index (χ2v) is 1.44. The van der Waals surface area contributed by atoms with Crippen LogP contribution in [0.15, 0.2) is 0 Å². The Morgan fingerprint density at radius 2 is 0.917 bits per heavy atom. The summed E-state index contributed by atoms with van der Waals surface area (Å²) < 4.78 is 8.55. The number of phosphoric acid groups is 1. The lowest BCUT2D eigenvalue weighted by Crippen LogP contribution is -2.24. The zero-order valence-electron chi connectivity index (χ0n) is 7.47. The Labute approximate surface area is 69.2 Å². The van der Waals surface area contributed by atoms with Gasteiger partial charge < -0.3 is 53.7 Å². The van der Waals surface area contributed by atoms with Crippen LogP contribution >= 0.6 is 7.82 Å². The van der Waals surface area contributed by atoms with Crippen molar-refractivity contribution in [2.45, 2.75) is 0 Å². The third kappa shape index (κ3) is 1990. The lowest BCUT2D eigenvalue weighted by Gasteiger charge is -2.36. The molecule has 16 N–H and O–H groups in total. The fourth-order valence-electron chi connectivity index (χ4n) is 0. The van der Waals surface area contributed by atoms with Crippen molar-refractivity contribution in [2.24, 2.45) is 0 Å². The molecule has 0 atom stereocenters. The number of carbonyl (C=O) groups excluding carboxylic acids is 1. The van der Waals surface area contributed by atoms with Crippen LogP contribution in [0.5, 0.6) is 0 Å². The van der Waals surface area contributed by atoms with E-state index in [0.717, 1.165) is 0 Å². The molecule has 82 valence electrons. The van der Waals surface area contributed by atoms with E-state index < -0.39 is 14.3 Å². The van der Waals surface area contributed by atoms with Crippen molar-refractivity contribution in [3.05, 3.63) is 0 Å². The minimum Gasteiger partial charge on any atom is -0.822 e. The molecule has 0 aliphatic rings. The third-order valence-corrected chi connectivity index (χ3v) is 0. The van der Waals surface area contributed by atoms with E-state index in [1.807, 2.05) is 0 Å². The first-order valence-corrected chi connectivity index (χ1v) is 2.66. The maximum absolute atomic E-state index is 8.55. The van der Waals surface area contributed by atoms with E-state index in [1.54, 1.807) is 0 Å². The van der Waals surface area contributed by atoms with Crippen LogP contribution in [0.3, 0.4) is 0 Å². The third-order valence-electron chi connectivity index (χ3n) is 0. The van der Waals surface area contributed by atoms with Gasteiger partial charge >= 0.3 is 0 Å². The zero-order chi connectivity index (χ0) is 7.21. The van der Waals surface area contributed by atoms with Gasteiger partial charge in [0, 0.05) is 6.47 Å². The summed E-state index contributed by atoms with van der Waals surface area (Å²) in [5.74, 6) is 0. The topological polar surface area (TPSA) is 272 Å². The van der Waals surface area contributed by atoms with Crippen molar-refractivity contribution in [2.75, 3.05) is 0 Å². The van der Waals surface area contributed by atoms with Crippen molar-refractivity contribution < 1.29 is 29.1 Å². The molecule has 0 spiro atoms. The van der Waals surface area contributed by atoms with Gasteiger partial charge in [0.1, 0.15) is 0 Å².